The Morgan fingerprint density at radius 3 is 2.20 bits per heavy atom. The Bertz CT molecular complexity index is 409. The van der Waals surface area contributed by atoms with Crippen molar-refractivity contribution in [2.75, 3.05) is 13.2 Å². The van der Waals surface area contributed by atoms with Gasteiger partial charge in [-0.15, -0.1) is 11.6 Å². The number of carbonyl (C=O) groups excluding carboxylic acids is 2. The van der Waals surface area contributed by atoms with Gasteiger partial charge in [-0.2, -0.15) is 0 Å². The van der Waals surface area contributed by atoms with E-state index < -0.39 is 4.87 Å². The molecule has 0 radical (unpaired) electrons. The highest BCUT2D eigenvalue weighted by molar-refractivity contribution is 6.34. The largest absolute Gasteiger partial charge is 0.466 e. The van der Waals surface area contributed by atoms with E-state index in [1.807, 2.05) is 19.1 Å². The van der Waals surface area contributed by atoms with Crippen LogP contribution in [0.25, 0.3) is 0 Å². The fraction of sp³-hybridized carbons (Fsp3) is 0.800. The van der Waals surface area contributed by atoms with Crippen molar-refractivity contribution in [2.45, 2.75) is 83.9 Å². The third kappa shape index (κ3) is 9.88. The molecule has 0 aromatic rings. The van der Waals surface area contributed by atoms with E-state index in [1.165, 1.54) is 0 Å². The summed E-state index contributed by atoms with van der Waals surface area (Å²) in [7, 11) is 0. The van der Waals surface area contributed by atoms with E-state index >= 15 is 0 Å². The van der Waals surface area contributed by atoms with Gasteiger partial charge in [-0.25, -0.2) is 0 Å². The fourth-order valence-corrected chi connectivity index (χ4v) is 2.86. The molecule has 0 amide bonds. The van der Waals surface area contributed by atoms with E-state index in [2.05, 4.69) is 13.8 Å². The van der Waals surface area contributed by atoms with Crippen LogP contribution in [0.2, 0.25) is 0 Å². The van der Waals surface area contributed by atoms with Crippen LogP contribution in [-0.2, 0) is 19.1 Å². The summed E-state index contributed by atoms with van der Waals surface area (Å²) >= 11 is 6.54. The minimum absolute atomic E-state index is 0.126. The lowest BCUT2D eigenvalue weighted by Gasteiger charge is -2.23. The van der Waals surface area contributed by atoms with Crippen LogP contribution in [0.5, 0.6) is 0 Å². The molecule has 146 valence electrons. The first-order valence-electron chi connectivity index (χ1n) is 9.62. The molecule has 0 saturated carbocycles. The van der Waals surface area contributed by atoms with Crippen molar-refractivity contribution < 1.29 is 19.1 Å². The van der Waals surface area contributed by atoms with Crippen molar-refractivity contribution in [3.63, 3.8) is 0 Å². The number of hydrogen-bond acceptors (Lipinski definition) is 4. The number of hydrogen-bond donors (Lipinski definition) is 0. The number of carbonyl (C=O) groups is 2. The molecule has 0 bridgehead atoms. The van der Waals surface area contributed by atoms with Crippen LogP contribution in [0.15, 0.2) is 12.2 Å². The molecule has 0 spiro atoms. The van der Waals surface area contributed by atoms with Crippen LogP contribution >= 0.6 is 11.6 Å². The number of alkyl halides is 1. The van der Waals surface area contributed by atoms with Crippen molar-refractivity contribution >= 4 is 23.5 Å². The summed E-state index contributed by atoms with van der Waals surface area (Å²) in [6, 6.07) is 0. The molecule has 2 atom stereocenters. The van der Waals surface area contributed by atoms with Crippen LogP contribution < -0.4 is 0 Å². The van der Waals surface area contributed by atoms with Gasteiger partial charge in [-0.3, -0.25) is 9.59 Å². The van der Waals surface area contributed by atoms with Gasteiger partial charge in [0, 0.05) is 0 Å². The van der Waals surface area contributed by atoms with Crippen molar-refractivity contribution in [2.24, 2.45) is 5.92 Å². The first-order chi connectivity index (χ1) is 11.9. The quantitative estimate of drug-likeness (QED) is 0.231. The Hall–Kier alpha value is -1.03. The summed E-state index contributed by atoms with van der Waals surface area (Å²) in [5.41, 5.74) is 0. The van der Waals surface area contributed by atoms with Gasteiger partial charge in [0.05, 0.1) is 19.1 Å². The van der Waals surface area contributed by atoms with Gasteiger partial charge in [-0.05, 0) is 39.5 Å². The van der Waals surface area contributed by atoms with Crippen LogP contribution in [0.3, 0.4) is 0 Å². The Labute approximate surface area is 158 Å². The van der Waals surface area contributed by atoms with Crippen LogP contribution in [0, 0.1) is 5.92 Å². The van der Waals surface area contributed by atoms with Crippen molar-refractivity contribution in [3.05, 3.63) is 12.2 Å². The normalized spacial score (nSPS) is 14.9. The van der Waals surface area contributed by atoms with Gasteiger partial charge in [0.1, 0.15) is 4.87 Å². The minimum Gasteiger partial charge on any atom is -0.466 e. The fourth-order valence-electron chi connectivity index (χ4n) is 2.58. The first-order valence-corrected chi connectivity index (χ1v) is 10.0. The molecule has 5 heteroatoms. The highest BCUT2D eigenvalue weighted by atomic mass is 35.5. The zero-order chi connectivity index (χ0) is 19.1. The summed E-state index contributed by atoms with van der Waals surface area (Å²) in [6.07, 6.45) is 10.2. The number of esters is 2. The molecule has 0 N–H and O–H groups in total. The predicted molar refractivity (Wildman–Crippen MR) is 103 cm³/mol. The lowest BCUT2D eigenvalue weighted by atomic mass is 9.95. The maximum atomic E-state index is 12.2. The van der Waals surface area contributed by atoms with Crippen LogP contribution in [-0.4, -0.2) is 30.0 Å². The summed E-state index contributed by atoms with van der Waals surface area (Å²) in [5.74, 6) is -0.629. The first kappa shape index (κ1) is 24.0. The SMILES string of the molecule is CCCCC(CC=CCC(Cl)(CCCC)C(=O)OCC)C(=O)OCC. The number of allylic oxidation sites excluding steroid dienone is 2. The third-order valence-electron chi connectivity index (χ3n) is 4.12. The third-order valence-corrected chi connectivity index (χ3v) is 4.62. The maximum Gasteiger partial charge on any atom is 0.327 e. The molecule has 0 saturated heterocycles. The van der Waals surface area contributed by atoms with Gasteiger partial charge in [-0.1, -0.05) is 51.7 Å². The number of halogens is 1. The van der Waals surface area contributed by atoms with Gasteiger partial charge in [0.15, 0.2) is 0 Å². The lowest BCUT2D eigenvalue weighted by molar-refractivity contribution is -0.148. The molecule has 0 aliphatic rings. The Balaban J connectivity index is 4.76. The van der Waals surface area contributed by atoms with E-state index in [9.17, 15) is 9.59 Å². The van der Waals surface area contributed by atoms with E-state index in [0.29, 0.717) is 32.5 Å². The zero-order valence-electron chi connectivity index (χ0n) is 16.3. The van der Waals surface area contributed by atoms with Crippen molar-refractivity contribution in [1.82, 2.24) is 0 Å². The number of rotatable bonds is 14. The van der Waals surface area contributed by atoms with Gasteiger partial charge in [0.2, 0.25) is 0 Å². The molecule has 0 aromatic carbocycles. The molecule has 0 aromatic heterocycles. The molecule has 4 nitrogen and oxygen atoms in total. The van der Waals surface area contributed by atoms with E-state index in [4.69, 9.17) is 21.1 Å². The molecule has 0 fully saturated rings. The van der Waals surface area contributed by atoms with Crippen LogP contribution in [0.4, 0.5) is 0 Å². The average molecular weight is 375 g/mol. The zero-order valence-corrected chi connectivity index (χ0v) is 17.1. The number of unbranched alkanes of at least 4 members (excludes halogenated alkanes) is 2. The molecule has 0 rings (SSSR count). The summed E-state index contributed by atoms with van der Waals surface area (Å²) in [6.45, 7) is 8.49. The summed E-state index contributed by atoms with van der Waals surface area (Å²) < 4.78 is 10.3. The Kier molecular flexibility index (Phi) is 13.6. The van der Waals surface area contributed by atoms with Gasteiger partial charge < -0.3 is 9.47 Å². The number of ether oxygens (including phenoxy) is 2. The van der Waals surface area contributed by atoms with E-state index in [-0.39, 0.29) is 17.9 Å². The second-order valence-electron chi connectivity index (χ2n) is 6.29. The molecule has 25 heavy (non-hydrogen) atoms. The summed E-state index contributed by atoms with van der Waals surface area (Å²) in [5, 5.41) is 0. The summed E-state index contributed by atoms with van der Waals surface area (Å²) in [4.78, 5) is 23.2. The molecule has 0 aliphatic carbocycles. The highest BCUT2D eigenvalue weighted by Crippen LogP contribution is 2.29. The minimum atomic E-state index is -1.01. The van der Waals surface area contributed by atoms with Crippen LogP contribution in [0.1, 0.15) is 79.1 Å². The average Bonchev–Trinajstić information content (AvgIpc) is 2.59. The van der Waals surface area contributed by atoms with Gasteiger partial charge >= 0.3 is 11.9 Å². The molecular formula is C20H35ClO4. The second-order valence-corrected chi connectivity index (χ2v) is 7.02. The highest BCUT2D eigenvalue weighted by Gasteiger charge is 2.35. The topological polar surface area (TPSA) is 52.6 Å². The predicted octanol–water partition coefficient (Wildman–Crippen LogP) is 5.42. The van der Waals surface area contributed by atoms with E-state index in [1.54, 1.807) is 6.92 Å². The lowest BCUT2D eigenvalue weighted by Crippen LogP contribution is -2.34. The maximum absolute atomic E-state index is 12.2. The van der Waals surface area contributed by atoms with E-state index in [0.717, 1.165) is 32.1 Å². The standard InChI is InChI=1S/C20H35ClO4/c1-5-9-13-17(18(22)24-7-3)14-11-12-16-20(21,15-10-6-2)19(23)25-8-4/h11-12,17H,5-10,13-16H2,1-4H3. The molecule has 0 aliphatic heterocycles. The smallest absolute Gasteiger partial charge is 0.327 e. The van der Waals surface area contributed by atoms with Crippen molar-refractivity contribution in [1.29, 1.82) is 0 Å². The Morgan fingerprint density at radius 2 is 1.64 bits per heavy atom. The second kappa shape index (κ2) is 14.2. The molecule has 2 unspecified atom stereocenters. The van der Waals surface area contributed by atoms with Gasteiger partial charge in [0.25, 0.3) is 0 Å². The molecule has 0 heterocycles. The van der Waals surface area contributed by atoms with Crippen molar-refractivity contribution in [3.8, 4) is 0 Å². The monoisotopic (exact) mass is 374 g/mol. The molecular weight excluding hydrogens is 340 g/mol. The Morgan fingerprint density at radius 1 is 1.00 bits per heavy atom.